The molecule has 3 rings (SSSR count). The highest BCUT2D eigenvalue weighted by molar-refractivity contribution is 6.02. The first kappa shape index (κ1) is 17.3. The molecule has 134 valence electrons. The van der Waals surface area contributed by atoms with E-state index in [1.807, 2.05) is 19.1 Å². The molecule has 2 amide bonds. The van der Waals surface area contributed by atoms with Crippen LogP contribution >= 0.6 is 0 Å². The van der Waals surface area contributed by atoms with Crippen LogP contribution in [-0.4, -0.2) is 42.1 Å². The first-order valence-corrected chi connectivity index (χ1v) is 8.37. The molecule has 2 N–H and O–H groups in total. The van der Waals surface area contributed by atoms with Crippen LogP contribution < -0.4 is 15.0 Å². The van der Waals surface area contributed by atoms with E-state index >= 15 is 0 Å². The predicted molar refractivity (Wildman–Crippen MR) is 90.6 cm³/mol. The summed E-state index contributed by atoms with van der Waals surface area (Å²) in [6, 6.07) is 5.53. The maximum atomic E-state index is 12.5. The molecule has 7 nitrogen and oxygen atoms in total. The zero-order valence-electron chi connectivity index (χ0n) is 14.4. The number of hydrogen-bond donors (Lipinski definition) is 2. The fraction of sp³-hybridized carbons (Fsp3) is 0.500. The fourth-order valence-corrected chi connectivity index (χ4v) is 3.39. The highest BCUT2D eigenvalue weighted by atomic mass is 16.5. The van der Waals surface area contributed by atoms with Gasteiger partial charge in [0.1, 0.15) is 11.3 Å². The molecular formula is C18H22N2O5. The van der Waals surface area contributed by atoms with Crippen molar-refractivity contribution in [3.05, 3.63) is 23.8 Å². The second kappa shape index (κ2) is 6.38. The summed E-state index contributed by atoms with van der Waals surface area (Å²) >= 11 is 0. The van der Waals surface area contributed by atoms with Crippen LogP contribution in [0.5, 0.6) is 5.75 Å². The Labute approximate surface area is 146 Å². The molecule has 2 fully saturated rings. The summed E-state index contributed by atoms with van der Waals surface area (Å²) in [6.07, 6.45) is 1.72. The van der Waals surface area contributed by atoms with Crippen LogP contribution in [0.4, 0.5) is 5.69 Å². The van der Waals surface area contributed by atoms with Crippen LogP contribution in [0, 0.1) is 12.8 Å². The quantitative estimate of drug-likeness (QED) is 0.842. The van der Waals surface area contributed by atoms with E-state index in [2.05, 4.69) is 5.32 Å². The number of benzene rings is 1. The second-order valence-electron chi connectivity index (χ2n) is 6.81. The van der Waals surface area contributed by atoms with Gasteiger partial charge in [0.15, 0.2) is 0 Å². The van der Waals surface area contributed by atoms with Crippen LogP contribution in [0.2, 0.25) is 0 Å². The molecule has 1 saturated heterocycles. The summed E-state index contributed by atoms with van der Waals surface area (Å²) in [4.78, 5) is 37.9. The molecule has 0 spiro atoms. The second-order valence-corrected chi connectivity index (χ2v) is 6.81. The minimum Gasteiger partial charge on any atom is -0.495 e. The highest BCUT2D eigenvalue weighted by Gasteiger charge is 2.47. The van der Waals surface area contributed by atoms with E-state index in [0.29, 0.717) is 24.3 Å². The van der Waals surface area contributed by atoms with Gasteiger partial charge in [-0.1, -0.05) is 6.07 Å². The van der Waals surface area contributed by atoms with E-state index in [1.165, 1.54) is 7.11 Å². The van der Waals surface area contributed by atoms with E-state index in [1.54, 1.807) is 11.0 Å². The van der Waals surface area contributed by atoms with Crippen molar-refractivity contribution in [2.75, 3.05) is 18.6 Å². The largest absolute Gasteiger partial charge is 0.495 e. The number of aryl methyl sites for hydroxylation is 1. The molecule has 1 atom stereocenters. The van der Waals surface area contributed by atoms with E-state index < -0.39 is 17.4 Å². The number of rotatable bonds is 5. The smallest absolute Gasteiger partial charge is 0.329 e. The summed E-state index contributed by atoms with van der Waals surface area (Å²) in [6.45, 7) is 2.14. The third-order valence-electron chi connectivity index (χ3n) is 5.10. The minimum atomic E-state index is -1.16. The average Bonchev–Trinajstić information content (AvgIpc) is 2.92. The Morgan fingerprint density at radius 3 is 2.64 bits per heavy atom. The maximum Gasteiger partial charge on any atom is 0.329 e. The standard InChI is InChI=1S/C18H22N2O5/c1-11-4-5-14(25-2)13(8-11)20-10-12(9-15(20)21)16(22)19-18(17(23)24)6-3-7-18/h4-5,8,12H,3,6-7,9-10H2,1-2H3,(H,19,22)(H,23,24). The molecule has 1 aliphatic carbocycles. The molecule has 1 aromatic rings. The Morgan fingerprint density at radius 2 is 2.08 bits per heavy atom. The number of anilines is 1. The van der Waals surface area contributed by atoms with Crippen molar-refractivity contribution in [3.8, 4) is 5.75 Å². The zero-order chi connectivity index (χ0) is 18.2. The molecule has 1 unspecified atom stereocenters. The molecule has 25 heavy (non-hydrogen) atoms. The summed E-state index contributed by atoms with van der Waals surface area (Å²) < 4.78 is 5.32. The Bertz CT molecular complexity index is 726. The average molecular weight is 346 g/mol. The number of ether oxygens (including phenoxy) is 1. The number of aliphatic carboxylic acids is 1. The summed E-state index contributed by atoms with van der Waals surface area (Å²) in [7, 11) is 1.53. The van der Waals surface area contributed by atoms with Crippen LogP contribution in [0.1, 0.15) is 31.2 Å². The minimum absolute atomic E-state index is 0.0681. The maximum absolute atomic E-state index is 12.5. The Morgan fingerprint density at radius 1 is 1.36 bits per heavy atom. The first-order chi connectivity index (χ1) is 11.9. The fourth-order valence-electron chi connectivity index (χ4n) is 3.39. The van der Waals surface area contributed by atoms with Crippen molar-refractivity contribution in [3.63, 3.8) is 0 Å². The van der Waals surface area contributed by atoms with Gasteiger partial charge in [0.05, 0.1) is 18.7 Å². The van der Waals surface area contributed by atoms with Gasteiger partial charge < -0.3 is 20.1 Å². The molecule has 7 heteroatoms. The Kier molecular flexibility index (Phi) is 4.41. The monoisotopic (exact) mass is 346 g/mol. The Balaban J connectivity index is 1.75. The van der Waals surface area contributed by atoms with Gasteiger partial charge in [-0.2, -0.15) is 0 Å². The van der Waals surface area contributed by atoms with Crippen molar-refractivity contribution in [2.24, 2.45) is 5.92 Å². The topological polar surface area (TPSA) is 95.9 Å². The number of carboxylic acid groups (broad SMARTS) is 1. The Hall–Kier alpha value is -2.57. The number of carbonyl (C=O) groups is 3. The van der Waals surface area contributed by atoms with Crippen molar-refractivity contribution in [1.82, 2.24) is 5.32 Å². The van der Waals surface area contributed by atoms with Gasteiger partial charge in [0.2, 0.25) is 11.8 Å². The summed E-state index contributed by atoms with van der Waals surface area (Å²) in [5.41, 5.74) is 0.462. The molecule has 2 aliphatic rings. The van der Waals surface area contributed by atoms with E-state index in [4.69, 9.17) is 4.74 Å². The van der Waals surface area contributed by atoms with Crippen LogP contribution in [-0.2, 0) is 14.4 Å². The predicted octanol–water partition coefficient (Wildman–Crippen LogP) is 1.48. The lowest BCUT2D eigenvalue weighted by atomic mass is 9.76. The van der Waals surface area contributed by atoms with Crippen molar-refractivity contribution >= 4 is 23.5 Å². The third-order valence-corrected chi connectivity index (χ3v) is 5.10. The van der Waals surface area contributed by atoms with Gasteiger partial charge in [-0.25, -0.2) is 4.79 Å². The van der Waals surface area contributed by atoms with Gasteiger partial charge in [-0.15, -0.1) is 0 Å². The molecular weight excluding hydrogens is 324 g/mol. The van der Waals surface area contributed by atoms with Crippen LogP contribution in [0.15, 0.2) is 18.2 Å². The number of nitrogens with zero attached hydrogens (tertiary/aromatic N) is 1. The molecule has 0 bridgehead atoms. The normalized spacial score (nSPS) is 21.6. The van der Waals surface area contributed by atoms with Gasteiger partial charge in [0.25, 0.3) is 0 Å². The molecule has 0 aromatic heterocycles. The van der Waals surface area contributed by atoms with Crippen molar-refractivity contribution < 1.29 is 24.2 Å². The lowest BCUT2D eigenvalue weighted by Gasteiger charge is -2.38. The number of amides is 2. The molecule has 0 radical (unpaired) electrons. The van der Waals surface area contributed by atoms with Gasteiger partial charge in [-0.3, -0.25) is 9.59 Å². The number of carbonyl (C=O) groups excluding carboxylic acids is 2. The van der Waals surface area contributed by atoms with Crippen molar-refractivity contribution in [2.45, 2.75) is 38.1 Å². The molecule has 1 aliphatic heterocycles. The zero-order valence-corrected chi connectivity index (χ0v) is 14.4. The van der Waals surface area contributed by atoms with Crippen molar-refractivity contribution in [1.29, 1.82) is 0 Å². The van der Waals surface area contributed by atoms with Gasteiger partial charge in [0, 0.05) is 13.0 Å². The van der Waals surface area contributed by atoms with E-state index in [-0.39, 0.29) is 24.8 Å². The van der Waals surface area contributed by atoms with E-state index in [9.17, 15) is 19.5 Å². The first-order valence-electron chi connectivity index (χ1n) is 8.37. The third kappa shape index (κ3) is 3.06. The number of nitrogens with one attached hydrogen (secondary N) is 1. The van der Waals surface area contributed by atoms with Crippen LogP contribution in [0.25, 0.3) is 0 Å². The lowest BCUT2D eigenvalue weighted by Crippen LogP contribution is -2.60. The molecule has 1 heterocycles. The number of carboxylic acids is 1. The SMILES string of the molecule is COc1ccc(C)cc1N1CC(C(=O)NC2(C(=O)O)CCC2)CC1=O. The highest BCUT2D eigenvalue weighted by Crippen LogP contribution is 2.36. The summed E-state index contributed by atoms with van der Waals surface area (Å²) in [5, 5.41) is 12.0. The summed E-state index contributed by atoms with van der Waals surface area (Å²) in [5.74, 6) is -1.53. The lowest BCUT2D eigenvalue weighted by molar-refractivity contribution is -0.152. The van der Waals surface area contributed by atoms with E-state index in [0.717, 1.165) is 12.0 Å². The number of methoxy groups -OCH3 is 1. The molecule has 1 saturated carbocycles. The van der Waals surface area contributed by atoms with Gasteiger partial charge in [-0.05, 0) is 43.9 Å². The molecule has 1 aromatic carbocycles. The van der Waals surface area contributed by atoms with Crippen LogP contribution in [0.3, 0.4) is 0 Å². The van der Waals surface area contributed by atoms with Gasteiger partial charge >= 0.3 is 5.97 Å². The number of hydrogen-bond acceptors (Lipinski definition) is 4.